The number of nitriles is 2. The number of fused-ring (bicyclic) bond motifs is 1. The molecule has 0 spiro atoms. The standard InChI is InChI=1S/C32H40N6O21P2/c1-16(39)53-24-21(12-51-60(45,46)49-10-6-8-33)59-32(28(57-20(5)43)26(24)55-18(3)41)38-15-36-29-23(30(38)44)35-14-37(29)31-27(56-19(4)42)25(54-17(2)40)22(58-31)13-52-61(47,48)50-11-7-9-34/h14-15,21-22,24-28,31-32H,6-7,10-13H2,1-5H3,(H,45,46)(H,47,48)/t21-,22-,24-,25-,26+,27-,28-,31-,32-/m1/s1. The summed E-state index contributed by atoms with van der Waals surface area (Å²) in [6.45, 7) is 2.24. The number of phosphoric ester groups is 2. The summed E-state index contributed by atoms with van der Waals surface area (Å²) >= 11 is 0. The number of imidazole rings is 1. The highest BCUT2D eigenvalue weighted by atomic mass is 31.2. The molecular weight excluding hydrogens is 866 g/mol. The first-order chi connectivity index (χ1) is 28.7. The molecule has 2 aromatic heterocycles. The summed E-state index contributed by atoms with van der Waals surface area (Å²) in [6, 6.07) is 3.43. The molecule has 0 bridgehead atoms. The number of rotatable bonds is 19. The van der Waals surface area contributed by atoms with Crippen LogP contribution in [0.25, 0.3) is 11.2 Å². The van der Waals surface area contributed by atoms with Gasteiger partial charge in [-0.15, -0.1) is 0 Å². The summed E-state index contributed by atoms with van der Waals surface area (Å²) in [5.41, 5.74) is -1.78. The Balaban J connectivity index is 1.78. The average Bonchev–Trinajstić information content (AvgIpc) is 3.72. The SMILES string of the molecule is CC(=O)O[C@@H]1[C@@H](OC(C)=O)[C@H](n2cnc3c(ncn3[C@@H]3O[C@H](COP(=O)(O)OCCC#N)[C@@H](OC(C)=O)[C@H]3OC(C)=O)c2=O)O[C@H](COP(=O)(O)OCCC#N)[C@H]1OC(C)=O. The molecule has 2 aromatic rings. The highest BCUT2D eigenvalue weighted by molar-refractivity contribution is 7.47. The van der Waals surface area contributed by atoms with E-state index < -0.39 is 138 Å². The molecule has 27 nitrogen and oxygen atoms in total. The fourth-order valence-corrected chi connectivity index (χ4v) is 7.53. The Hall–Kier alpha value is -5.18. The lowest BCUT2D eigenvalue weighted by Crippen LogP contribution is -2.61. The summed E-state index contributed by atoms with van der Waals surface area (Å²) in [6.07, 6.45) is -13.4. The smallest absolute Gasteiger partial charge is 0.456 e. The average molecular weight is 907 g/mol. The van der Waals surface area contributed by atoms with Crippen LogP contribution in [0.1, 0.15) is 59.9 Å². The van der Waals surface area contributed by atoms with Crippen molar-refractivity contribution in [1.82, 2.24) is 19.1 Å². The first-order valence-corrected chi connectivity index (χ1v) is 20.8. The van der Waals surface area contributed by atoms with Gasteiger partial charge in [0.1, 0.15) is 18.5 Å². The minimum absolute atomic E-state index is 0.246. The molecule has 2 fully saturated rings. The van der Waals surface area contributed by atoms with E-state index in [4.69, 9.17) is 61.8 Å². The molecule has 0 aromatic carbocycles. The number of carbonyl (C=O) groups excluding carboxylic acids is 5. The van der Waals surface area contributed by atoms with Crippen LogP contribution in [-0.4, -0.2) is 128 Å². The second-order valence-electron chi connectivity index (χ2n) is 12.8. The van der Waals surface area contributed by atoms with E-state index >= 15 is 0 Å². The van der Waals surface area contributed by atoms with E-state index in [1.54, 1.807) is 12.1 Å². The van der Waals surface area contributed by atoms with Crippen LogP contribution < -0.4 is 5.56 Å². The molecule has 4 heterocycles. The maximum absolute atomic E-state index is 14.3. The molecule has 2 aliphatic heterocycles. The van der Waals surface area contributed by atoms with E-state index in [1.807, 2.05) is 0 Å². The van der Waals surface area contributed by atoms with E-state index in [1.165, 1.54) is 0 Å². The Morgan fingerprint density at radius 2 is 1.02 bits per heavy atom. The zero-order chi connectivity index (χ0) is 45.2. The van der Waals surface area contributed by atoms with Crippen molar-refractivity contribution in [3.05, 3.63) is 23.0 Å². The molecule has 2 aliphatic rings. The van der Waals surface area contributed by atoms with E-state index in [9.17, 15) is 47.7 Å². The van der Waals surface area contributed by atoms with Crippen molar-refractivity contribution in [2.75, 3.05) is 26.4 Å². The molecule has 0 radical (unpaired) electrons. The lowest BCUT2D eigenvalue weighted by atomic mass is 9.97. The minimum Gasteiger partial charge on any atom is -0.456 e. The summed E-state index contributed by atoms with van der Waals surface area (Å²) in [5, 5.41) is 17.5. The molecule has 11 atom stereocenters. The van der Waals surface area contributed by atoms with Gasteiger partial charge in [0.2, 0.25) is 0 Å². The van der Waals surface area contributed by atoms with E-state index in [2.05, 4.69) is 9.97 Å². The lowest BCUT2D eigenvalue weighted by Gasteiger charge is -2.44. The zero-order valence-corrected chi connectivity index (χ0v) is 34.6. The predicted octanol–water partition coefficient (Wildman–Crippen LogP) is 0.141. The summed E-state index contributed by atoms with van der Waals surface area (Å²) < 4.78 is 85.5. The summed E-state index contributed by atoms with van der Waals surface area (Å²) in [4.78, 5) is 104. The Bertz CT molecular complexity index is 2200. The molecule has 61 heavy (non-hydrogen) atoms. The van der Waals surface area contributed by atoms with Gasteiger partial charge in [-0.1, -0.05) is 0 Å². The van der Waals surface area contributed by atoms with Crippen molar-refractivity contribution in [3.63, 3.8) is 0 Å². The van der Waals surface area contributed by atoms with Crippen LogP contribution in [0.15, 0.2) is 17.4 Å². The van der Waals surface area contributed by atoms with Crippen LogP contribution in [0.3, 0.4) is 0 Å². The fraction of sp³-hybridized carbons (Fsp3) is 0.625. The number of aromatic nitrogens is 4. The zero-order valence-electron chi connectivity index (χ0n) is 32.8. The first kappa shape index (κ1) is 48.5. The van der Waals surface area contributed by atoms with Crippen molar-refractivity contribution in [2.24, 2.45) is 0 Å². The molecule has 0 aliphatic carbocycles. The quantitative estimate of drug-likeness (QED) is 0.0819. The van der Waals surface area contributed by atoms with Crippen molar-refractivity contribution in [1.29, 1.82) is 10.5 Å². The van der Waals surface area contributed by atoms with E-state index in [-0.39, 0.29) is 18.5 Å². The third-order valence-electron chi connectivity index (χ3n) is 8.20. The Kier molecular flexibility index (Phi) is 16.7. The minimum atomic E-state index is -4.91. The van der Waals surface area contributed by atoms with Gasteiger partial charge < -0.3 is 42.9 Å². The molecule has 0 saturated carbocycles. The van der Waals surface area contributed by atoms with E-state index in [0.29, 0.717) is 0 Å². The predicted molar refractivity (Wildman–Crippen MR) is 191 cm³/mol. The maximum atomic E-state index is 14.3. The normalized spacial score (nSPS) is 26.7. The lowest BCUT2D eigenvalue weighted by molar-refractivity contribution is -0.267. The number of carbonyl (C=O) groups is 5. The van der Waals surface area contributed by atoms with Gasteiger partial charge in [0, 0.05) is 34.6 Å². The molecule has 2 N–H and O–H groups in total. The van der Waals surface area contributed by atoms with Crippen LogP contribution in [-0.2, 0) is 84.4 Å². The molecule has 0 amide bonds. The van der Waals surface area contributed by atoms with Crippen molar-refractivity contribution >= 4 is 56.7 Å². The Morgan fingerprint density at radius 1 is 0.639 bits per heavy atom. The van der Waals surface area contributed by atoms with Gasteiger partial charge in [0.25, 0.3) is 5.56 Å². The largest absolute Gasteiger partial charge is 0.472 e. The van der Waals surface area contributed by atoms with E-state index in [0.717, 1.165) is 56.4 Å². The monoisotopic (exact) mass is 906 g/mol. The molecule has 2 saturated heterocycles. The first-order valence-electron chi connectivity index (χ1n) is 17.8. The van der Waals surface area contributed by atoms with Crippen molar-refractivity contribution in [3.8, 4) is 12.1 Å². The number of nitrogens with zero attached hydrogens (tertiary/aromatic N) is 6. The number of hydrogen-bond acceptors (Lipinski definition) is 23. The van der Waals surface area contributed by atoms with Crippen LogP contribution in [0.5, 0.6) is 0 Å². The maximum Gasteiger partial charge on any atom is 0.472 e. The third-order valence-corrected chi connectivity index (χ3v) is 10.2. The van der Waals surface area contributed by atoms with Gasteiger partial charge in [-0.25, -0.2) is 19.1 Å². The number of hydrogen-bond donors (Lipinski definition) is 2. The Labute approximate surface area is 344 Å². The van der Waals surface area contributed by atoms with Gasteiger partial charge in [-0.05, 0) is 0 Å². The number of phosphoric acid groups is 2. The van der Waals surface area contributed by atoms with Gasteiger partial charge in [0.15, 0.2) is 54.1 Å². The summed E-state index contributed by atoms with van der Waals surface area (Å²) in [7, 11) is -9.70. The molecule has 334 valence electrons. The topological polar surface area (TPSA) is 362 Å². The van der Waals surface area contributed by atoms with Crippen molar-refractivity contribution < 1.29 is 94.1 Å². The van der Waals surface area contributed by atoms with Gasteiger partial charge >= 0.3 is 45.5 Å². The number of esters is 5. The highest BCUT2D eigenvalue weighted by Crippen LogP contribution is 2.46. The van der Waals surface area contributed by atoms with Crippen LogP contribution in [0.4, 0.5) is 0 Å². The molecule has 29 heteroatoms. The highest BCUT2D eigenvalue weighted by Gasteiger charge is 2.54. The Morgan fingerprint density at radius 3 is 1.46 bits per heavy atom. The molecular formula is C32H40N6O21P2. The summed E-state index contributed by atoms with van der Waals surface area (Å²) in [5.74, 6) is -4.74. The molecule has 4 rings (SSSR count). The number of ether oxygens (including phenoxy) is 7. The van der Waals surface area contributed by atoms with Gasteiger partial charge in [-0.3, -0.25) is 56.0 Å². The van der Waals surface area contributed by atoms with Crippen molar-refractivity contribution in [2.45, 2.75) is 103 Å². The van der Waals surface area contributed by atoms with Crippen LogP contribution in [0.2, 0.25) is 0 Å². The fourth-order valence-electron chi connectivity index (χ4n) is 6.06. The van der Waals surface area contributed by atoms with Crippen LogP contribution in [0, 0.1) is 22.7 Å². The van der Waals surface area contributed by atoms with Crippen LogP contribution >= 0.6 is 15.6 Å². The third kappa shape index (κ3) is 12.9. The molecule has 2 unspecified atom stereocenters. The van der Waals surface area contributed by atoms with Gasteiger partial charge in [0.05, 0.1) is 57.7 Å². The van der Waals surface area contributed by atoms with Gasteiger partial charge in [-0.2, -0.15) is 10.5 Å². The second-order valence-corrected chi connectivity index (χ2v) is 15.7. The second kappa shape index (κ2) is 21.1.